The van der Waals surface area contributed by atoms with Crippen molar-refractivity contribution >= 4 is 0 Å². The summed E-state index contributed by atoms with van der Waals surface area (Å²) in [6.07, 6.45) is 4.02. The van der Waals surface area contributed by atoms with Crippen LogP contribution >= 0.6 is 0 Å². The van der Waals surface area contributed by atoms with Crippen molar-refractivity contribution in [2.75, 3.05) is 26.3 Å². The number of ether oxygens (including phenoxy) is 1. The molecule has 2 heteroatoms. The van der Waals surface area contributed by atoms with Crippen molar-refractivity contribution in [2.45, 2.75) is 26.2 Å². The molecular formula is C10H19NO. The van der Waals surface area contributed by atoms with Crippen molar-refractivity contribution in [3.8, 4) is 0 Å². The predicted octanol–water partition coefficient (Wildman–Crippen LogP) is 1.41. The number of nitrogens with one attached hydrogen (secondary N) is 1. The summed E-state index contributed by atoms with van der Waals surface area (Å²) >= 11 is 0. The molecule has 0 aromatic rings. The summed E-state index contributed by atoms with van der Waals surface area (Å²) in [6.45, 7) is 6.78. The highest BCUT2D eigenvalue weighted by molar-refractivity contribution is 4.92. The molecule has 2 aliphatic rings. The molecule has 0 radical (unpaired) electrons. The molecule has 0 unspecified atom stereocenters. The van der Waals surface area contributed by atoms with Crippen LogP contribution in [0.1, 0.15) is 26.2 Å². The highest BCUT2D eigenvalue weighted by Crippen LogP contribution is 2.43. The third kappa shape index (κ3) is 1.27. The van der Waals surface area contributed by atoms with Crippen molar-refractivity contribution in [3.63, 3.8) is 0 Å². The molecule has 0 bridgehead atoms. The van der Waals surface area contributed by atoms with Crippen LogP contribution in [0.2, 0.25) is 0 Å². The van der Waals surface area contributed by atoms with Crippen LogP contribution in [0.4, 0.5) is 0 Å². The topological polar surface area (TPSA) is 21.3 Å². The molecule has 0 saturated carbocycles. The van der Waals surface area contributed by atoms with Crippen molar-refractivity contribution in [1.82, 2.24) is 5.32 Å². The van der Waals surface area contributed by atoms with Gasteiger partial charge in [-0.25, -0.2) is 0 Å². The number of rotatable bonds is 2. The Morgan fingerprint density at radius 1 is 1.33 bits per heavy atom. The first-order valence-electron chi connectivity index (χ1n) is 5.16. The lowest BCUT2D eigenvalue weighted by molar-refractivity contribution is -0.153. The van der Waals surface area contributed by atoms with E-state index in [0.29, 0.717) is 5.41 Å². The molecule has 0 spiro atoms. The Balaban J connectivity index is 1.95. The molecule has 0 amide bonds. The van der Waals surface area contributed by atoms with Crippen LogP contribution < -0.4 is 5.32 Å². The maximum Gasteiger partial charge on any atom is 0.0547 e. The van der Waals surface area contributed by atoms with Gasteiger partial charge in [0.15, 0.2) is 0 Å². The molecule has 1 N–H and O–H groups in total. The molecule has 2 saturated heterocycles. The van der Waals surface area contributed by atoms with E-state index in [1.54, 1.807) is 0 Å². The summed E-state index contributed by atoms with van der Waals surface area (Å²) in [5.74, 6) is 0.928. The average molecular weight is 169 g/mol. The Labute approximate surface area is 74.7 Å². The van der Waals surface area contributed by atoms with Gasteiger partial charge in [-0.05, 0) is 38.3 Å². The molecule has 2 heterocycles. The van der Waals surface area contributed by atoms with Gasteiger partial charge in [0.05, 0.1) is 13.2 Å². The van der Waals surface area contributed by atoms with Gasteiger partial charge in [-0.2, -0.15) is 0 Å². The summed E-state index contributed by atoms with van der Waals surface area (Å²) in [6, 6.07) is 0. The van der Waals surface area contributed by atoms with Gasteiger partial charge in [-0.15, -0.1) is 0 Å². The lowest BCUT2D eigenvalue weighted by Gasteiger charge is -2.48. The van der Waals surface area contributed by atoms with Gasteiger partial charge in [-0.3, -0.25) is 0 Å². The lowest BCUT2D eigenvalue weighted by atomic mass is 9.68. The Hall–Kier alpha value is -0.0800. The molecule has 70 valence electrons. The molecule has 0 aromatic carbocycles. The second kappa shape index (κ2) is 3.35. The first-order chi connectivity index (χ1) is 5.87. The molecule has 2 rings (SSSR count). The van der Waals surface area contributed by atoms with Crippen molar-refractivity contribution in [3.05, 3.63) is 0 Å². The average Bonchev–Trinajstić information content (AvgIpc) is 2.05. The second-order valence-corrected chi connectivity index (χ2v) is 4.23. The fourth-order valence-corrected chi connectivity index (χ4v) is 2.53. The zero-order valence-corrected chi connectivity index (χ0v) is 7.94. The Kier molecular flexibility index (Phi) is 2.37. The number of piperidine rings is 1. The first-order valence-corrected chi connectivity index (χ1v) is 5.16. The van der Waals surface area contributed by atoms with Crippen molar-refractivity contribution in [2.24, 2.45) is 11.3 Å². The third-order valence-electron chi connectivity index (χ3n) is 3.69. The molecule has 2 aliphatic heterocycles. The normalized spacial score (nSPS) is 29.8. The Morgan fingerprint density at radius 3 is 2.42 bits per heavy atom. The summed E-state index contributed by atoms with van der Waals surface area (Å²) in [4.78, 5) is 0. The number of hydrogen-bond acceptors (Lipinski definition) is 2. The maximum atomic E-state index is 5.36. The molecule has 2 nitrogen and oxygen atoms in total. The molecule has 2 fully saturated rings. The van der Waals surface area contributed by atoms with E-state index in [0.717, 1.165) is 19.1 Å². The van der Waals surface area contributed by atoms with Crippen LogP contribution in [0.25, 0.3) is 0 Å². The standard InChI is InChI=1S/C10H19NO/c1-2-10(7-12-8-10)9-3-5-11-6-4-9/h9,11H,2-8H2,1H3. The fraction of sp³-hybridized carbons (Fsp3) is 1.00. The molecule has 12 heavy (non-hydrogen) atoms. The van der Waals surface area contributed by atoms with E-state index in [9.17, 15) is 0 Å². The second-order valence-electron chi connectivity index (χ2n) is 4.23. The van der Waals surface area contributed by atoms with E-state index in [2.05, 4.69) is 12.2 Å². The summed E-state index contributed by atoms with van der Waals surface area (Å²) in [5, 5.41) is 3.42. The first kappa shape index (κ1) is 8.52. The van der Waals surface area contributed by atoms with Crippen LogP contribution in [0.3, 0.4) is 0 Å². The minimum absolute atomic E-state index is 0.572. The minimum Gasteiger partial charge on any atom is -0.380 e. The highest BCUT2D eigenvalue weighted by atomic mass is 16.5. The van der Waals surface area contributed by atoms with Crippen molar-refractivity contribution < 1.29 is 4.74 Å². The van der Waals surface area contributed by atoms with Crippen LogP contribution in [0.5, 0.6) is 0 Å². The SMILES string of the molecule is CCC1(C2CCNCC2)COC1. The summed E-state index contributed by atoms with van der Waals surface area (Å²) < 4.78 is 5.36. The van der Waals surface area contributed by atoms with Crippen LogP contribution in [0.15, 0.2) is 0 Å². The quantitative estimate of drug-likeness (QED) is 0.675. The van der Waals surface area contributed by atoms with Gasteiger partial charge in [0, 0.05) is 5.41 Å². The van der Waals surface area contributed by atoms with Crippen molar-refractivity contribution in [1.29, 1.82) is 0 Å². The van der Waals surface area contributed by atoms with Gasteiger partial charge in [0.25, 0.3) is 0 Å². The molecule has 0 aliphatic carbocycles. The molecular weight excluding hydrogens is 150 g/mol. The van der Waals surface area contributed by atoms with Crippen LogP contribution in [0, 0.1) is 11.3 Å². The minimum atomic E-state index is 0.572. The van der Waals surface area contributed by atoms with E-state index in [-0.39, 0.29) is 0 Å². The van der Waals surface area contributed by atoms with Gasteiger partial charge >= 0.3 is 0 Å². The highest BCUT2D eigenvalue weighted by Gasteiger charge is 2.43. The lowest BCUT2D eigenvalue weighted by Crippen LogP contribution is -2.50. The monoisotopic (exact) mass is 169 g/mol. The van der Waals surface area contributed by atoms with E-state index in [1.165, 1.54) is 32.4 Å². The van der Waals surface area contributed by atoms with E-state index in [4.69, 9.17) is 4.74 Å². The van der Waals surface area contributed by atoms with Gasteiger partial charge in [0.1, 0.15) is 0 Å². The third-order valence-corrected chi connectivity index (χ3v) is 3.69. The largest absolute Gasteiger partial charge is 0.380 e. The van der Waals surface area contributed by atoms with E-state index in [1.807, 2.05) is 0 Å². The summed E-state index contributed by atoms with van der Waals surface area (Å²) in [5.41, 5.74) is 0.572. The zero-order valence-electron chi connectivity index (χ0n) is 7.94. The van der Waals surface area contributed by atoms with E-state index < -0.39 is 0 Å². The predicted molar refractivity (Wildman–Crippen MR) is 49.1 cm³/mol. The Bertz CT molecular complexity index is 142. The maximum absolute atomic E-state index is 5.36. The zero-order chi connectivity index (χ0) is 8.44. The number of hydrogen-bond donors (Lipinski definition) is 1. The summed E-state index contributed by atoms with van der Waals surface area (Å²) in [7, 11) is 0. The van der Waals surface area contributed by atoms with Crippen LogP contribution in [-0.4, -0.2) is 26.3 Å². The van der Waals surface area contributed by atoms with E-state index >= 15 is 0 Å². The Morgan fingerprint density at radius 2 is 2.00 bits per heavy atom. The van der Waals surface area contributed by atoms with Gasteiger partial charge < -0.3 is 10.1 Å². The van der Waals surface area contributed by atoms with Gasteiger partial charge in [-0.1, -0.05) is 6.92 Å². The molecule has 0 atom stereocenters. The molecule has 0 aromatic heterocycles. The smallest absolute Gasteiger partial charge is 0.0547 e. The van der Waals surface area contributed by atoms with Gasteiger partial charge in [0.2, 0.25) is 0 Å². The fourth-order valence-electron chi connectivity index (χ4n) is 2.53. The van der Waals surface area contributed by atoms with Crippen LogP contribution in [-0.2, 0) is 4.74 Å².